The van der Waals surface area contributed by atoms with E-state index in [4.69, 9.17) is 11.6 Å². The van der Waals surface area contributed by atoms with Crippen LogP contribution in [0.1, 0.15) is 36.7 Å². The Bertz CT molecular complexity index is 954. The first kappa shape index (κ1) is 22.6. The van der Waals surface area contributed by atoms with Crippen molar-refractivity contribution < 1.29 is 13.2 Å². The molecule has 0 heterocycles. The van der Waals surface area contributed by atoms with Crippen molar-refractivity contribution >= 4 is 45.0 Å². The standard InChI is InChI=1S/C20H25ClN2O3S2/c1-14-7-5-6-8-17(14)23-28(25,26)18-13-15(9-10-16(18)21)19(24)22-11-12-27-20(2,3)4/h5-10,13,23H,11-12H2,1-4H3,(H,22,24). The minimum absolute atomic E-state index is 0.0564. The summed E-state index contributed by atoms with van der Waals surface area (Å²) in [7, 11) is -3.93. The van der Waals surface area contributed by atoms with Crippen LogP contribution in [0.15, 0.2) is 47.4 Å². The van der Waals surface area contributed by atoms with Crippen LogP contribution in [-0.4, -0.2) is 31.4 Å². The molecule has 1 amide bonds. The van der Waals surface area contributed by atoms with Gasteiger partial charge in [-0.3, -0.25) is 9.52 Å². The topological polar surface area (TPSA) is 75.3 Å². The predicted molar refractivity (Wildman–Crippen MR) is 118 cm³/mol. The van der Waals surface area contributed by atoms with E-state index in [1.807, 2.05) is 6.07 Å². The van der Waals surface area contributed by atoms with Gasteiger partial charge in [-0.2, -0.15) is 11.8 Å². The maximum atomic E-state index is 12.8. The molecule has 8 heteroatoms. The van der Waals surface area contributed by atoms with E-state index in [0.717, 1.165) is 11.3 Å². The van der Waals surface area contributed by atoms with Crippen LogP contribution < -0.4 is 10.0 Å². The lowest BCUT2D eigenvalue weighted by atomic mass is 10.2. The zero-order chi connectivity index (χ0) is 20.9. The van der Waals surface area contributed by atoms with Gasteiger partial charge in [-0.25, -0.2) is 8.42 Å². The SMILES string of the molecule is Cc1ccccc1NS(=O)(=O)c1cc(C(=O)NCCSC(C)(C)C)ccc1Cl. The zero-order valence-electron chi connectivity index (χ0n) is 16.4. The molecular weight excluding hydrogens is 416 g/mol. The molecular formula is C20H25ClN2O3S2. The summed E-state index contributed by atoms with van der Waals surface area (Å²) in [4.78, 5) is 12.3. The zero-order valence-corrected chi connectivity index (χ0v) is 18.8. The molecule has 0 aliphatic carbocycles. The summed E-state index contributed by atoms with van der Waals surface area (Å²) in [5, 5.41) is 2.87. The van der Waals surface area contributed by atoms with Crippen molar-refractivity contribution in [2.75, 3.05) is 17.0 Å². The summed E-state index contributed by atoms with van der Waals surface area (Å²) in [6.07, 6.45) is 0. The van der Waals surface area contributed by atoms with Crippen LogP contribution in [0.5, 0.6) is 0 Å². The summed E-state index contributed by atoms with van der Waals surface area (Å²) in [6, 6.07) is 11.3. The van der Waals surface area contributed by atoms with Crippen LogP contribution >= 0.6 is 23.4 Å². The van der Waals surface area contributed by atoms with E-state index in [-0.39, 0.29) is 26.1 Å². The fourth-order valence-corrected chi connectivity index (χ4v) is 4.84. The van der Waals surface area contributed by atoms with E-state index in [9.17, 15) is 13.2 Å². The highest BCUT2D eigenvalue weighted by Crippen LogP contribution is 2.26. The number of amides is 1. The molecule has 0 spiro atoms. The van der Waals surface area contributed by atoms with Gasteiger partial charge in [0.1, 0.15) is 4.90 Å². The second kappa shape index (κ2) is 9.20. The summed E-state index contributed by atoms with van der Waals surface area (Å²) in [5.74, 6) is 0.432. The third-order valence-electron chi connectivity index (χ3n) is 3.79. The lowest BCUT2D eigenvalue weighted by molar-refractivity contribution is 0.0956. The monoisotopic (exact) mass is 440 g/mol. The summed E-state index contributed by atoms with van der Waals surface area (Å²) < 4.78 is 28.2. The third kappa shape index (κ3) is 6.43. The Morgan fingerprint density at radius 2 is 1.82 bits per heavy atom. The van der Waals surface area contributed by atoms with Gasteiger partial charge in [0, 0.05) is 22.6 Å². The second-order valence-electron chi connectivity index (χ2n) is 7.28. The summed E-state index contributed by atoms with van der Waals surface area (Å²) >= 11 is 7.86. The number of sulfonamides is 1. The number of hydrogen-bond acceptors (Lipinski definition) is 4. The van der Waals surface area contributed by atoms with Crippen LogP contribution in [0, 0.1) is 6.92 Å². The van der Waals surface area contributed by atoms with Crippen molar-refractivity contribution in [3.05, 3.63) is 58.6 Å². The van der Waals surface area contributed by atoms with Crippen LogP contribution in [0.4, 0.5) is 5.69 Å². The fraction of sp³-hybridized carbons (Fsp3) is 0.350. The number of halogens is 1. The average molecular weight is 441 g/mol. The van der Waals surface area contributed by atoms with E-state index in [2.05, 4.69) is 30.8 Å². The lowest BCUT2D eigenvalue weighted by Crippen LogP contribution is -2.27. The minimum atomic E-state index is -3.93. The quantitative estimate of drug-likeness (QED) is 0.611. The molecule has 0 aliphatic rings. The number of carbonyl (C=O) groups excluding carboxylic acids is 1. The van der Waals surface area contributed by atoms with Crippen LogP contribution in [-0.2, 0) is 10.0 Å². The molecule has 0 saturated carbocycles. The minimum Gasteiger partial charge on any atom is -0.351 e. The molecule has 2 rings (SSSR count). The largest absolute Gasteiger partial charge is 0.351 e. The first-order valence-electron chi connectivity index (χ1n) is 8.80. The molecule has 2 aromatic rings. The molecule has 2 aromatic carbocycles. The Balaban J connectivity index is 2.16. The number of nitrogens with one attached hydrogen (secondary N) is 2. The third-order valence-corrected chi connectivity index (χ3v) is 6.92. The summed E-state index contributed by atoms with van der Waals surface area (Å²) in [6.45, 7) is 8.62. The molecule has 0 fully saturated rings. The Kier molecular flexibility index (Phi) is 7.42. The molecule has 0 radical (unpaired) electrons. The molecule has 0 aromatic heterocycles. The van der Waals surface area contributed by atoms with E-state index < -0.39 is 10.0 Å². The summed E-state index contributed by atoms with van der Waals surface area (Å²) in [5.41, 5.74) is 1.50. The van der Waals surface area contributed by atoms with Gasteiger partial charge in [0.2, 0.25) is 0 Å². The van der Waals surface area contributed by atoms with E-state index in [1.54, 1.807) is 36.9 Å². The number of para-hydroxylation sites is 1. The molecule has 0 aliphatic heterocycles. The molecule has 152 valence electrons. The first-order chi connectivity index (χ1) is 13.0. The first-order valence-corrected chi connectivity index (χ1v) is 11.6. The number of thioether (sulfide) groups is 1. The van der Waals surface area contributed by atoms with Gasteiger partial charge >= 0.3 is 0 Å². The Hall–Kier alpha value is -1.70. The van der Waals surface area contributed by atoms with Crippen LogP contribution in [0.2, 0.25) is 5.02 Å². The van der Waals surface area contributed by atoms with Crippen molar-refractivity contribution in [2.24, 2.45) is 0 Å². The van der Waals surface area contributed by atoms with Gasteiger partial charge in [0.15, 0.2) is 0 Å². The lowest BCUT2D eigenvalue weighted by Gasteiger charge is -2.17. The van der Waals surface area contributed by atoms with Crippen molar-refractivity contribution in [3.8, 4) is 0 Å². The van der Waals surface area contributed by atoms with Crippen LogP contribution in [0.3, 0.4) is 0 Å². The average Bonchev–Trinajstić information content (AvgIpc) is 2.60. The number of carbonyl (C=O) groups is 1. The maximum absolute atomic E-state index is 12.8. The van der Waals surface area contributed by atoms with Crippen molar-refractivity contribution in [1.29, 1.82) is 0 Å². The van der Waals surface area contributed by atoms with E-state index in [0.29, 0.717) is 12.2 Å². The van der Waals surface area contributed by atoms with Gasteiger partial charge in [-0.1, -0.05) is 50.6 Å². The number of aryl methyl sites for hydroxylation is 1. The molecule has 0 unspecified atom stereocenters. The normalized spacial score (nSPS) is 11.9. The Labute approximate surface area is 176 Å². The number of hydrogen-bond donors (Lipinski definition) is 2. The van der Waals surface area contributed by atoms with Gasteiger partial charge in [-0.15, -0.1) is 0 Å². The maximum Gasteiger partial charge on any atom is 0.263 e. The van der Waals surface area contributed by atoms with Crippen molar-refractivity contribution in [1.82, 2.24) is 5.32 Å². The van der Waals surface area contributed by atoms with Crippen molar-refractivity contribution in [3.63, 3.8) is 0 Å². The Morgan fingerprint density at radius 1 is 1.14 bits per heavy atom. The van der Waals surface area contributed by atoms with Crippen molar-refractivity contribution in [2.45, 2.75) is 37.3 Å². The highest BCUT2D eigenvalue weighted by atomic mass is 35.5. The number of rotatable bonds is 7. The van der Waals surface area contributed by atoms with Gasteiger partial charge in [0.05, 0.1) is 10.7 Å². The second-order valence-corrected chi connectivity index (χ2v) is 11.3. The molecule has 2 N–H and O–H groups in total. The molecule has 28 heavy (non-hydrogen) atoms. The number of anilines is 1. The smallest absolute Gasteiger partial charge is 0.263 e. The predicted octanol–water partition coefficient (Wildman–Crippen LogP) is 4.71. The molecule has 0 bridgehead atoms. The highest BCUT2D eigenvalue weighted by molar-refractivity contribution is 8.00. The van der Waals surface area contributed by atoms with Gasteiger partial charge in [-0.05, 0) is 36.8 Å². The number of benzene rings is 2. The Morgan fingerprint density at radius 3 is 2.46 bits per heavy atom. The van der Waals surface area contributed by atoms with Crippen LogP contribution in [0.25, 0.3) is 0 Å². The van der Waals surface area contributed by atoms with Gasteiger partial charge in [0.25, 0.3) is 15.9 Å². The van der Waals surface area contributed by atoms with E-state index >= 15 is 0 Å². The molecule has 5 nitrogen and oxygen atoms in total. The molecule has 0 atom stereocenters. The fourth-order valence-electron chi connectivity index (χ4n) is 2.36. The molecule has 0 saturated heterocycles. The van der Waals surface area contributed by atoms with E-state index in [1.165, 1.54) is 18.2 Å². The highest BCUT2D eigenvalue weighted by Gasteiger charge is 2.21. The van der Waals surface area contributed by atoms with Gasteiger partial charge < -0.3 is 5.32 Å².